The van der Waals surface area contributed by atoms with Crippen LogP contribution >= 0.6 is 0 Å². The largest absolute Gasteiger partial charge is 0.494 e. The van der Waals surface area contributed by atoms with Crippen molar-refractivity contribution in [1.82, 2.24) is 5.32 Å². The molecule has 5 heteroatoms. The molecule has 1 aliphatic rings. The van der Waals surface area contributed by atoms with Crippen LogP contribution in [-0.4, -0.2) is 25.7 Å². The molecule has 1 N–H and O–H groups in total. The zero-order valence-electron chi connectivity index (χ0n) is 21.0. The van der Waals surface area contributed by atoms with Gasteiger partial charge in [0.25, 0.3) is 0 Å². The number of rotatable bonds is 10. The fourth-order valence-electron chi connectivity index (χ4n) is 4.56. The zero-order chi connectivity index (χ0) is 24.6. The van der Waals surface area contributed by atoms with Gasteiger partial charge in [-0.1, -0.05) is 23.8 Å². The quantitative estimate of drug-likeness (QED) is 0.248. The molecule has 2 aromatic carbocycles. The maximum atomic E-state index is 12.6. The first-order valence-corrected chi connectivity index (χ1v) is 12.6. The monoisotopic (exact) mass is 473 g/mol. The van der Waals surface area contributed by atoms with Crippen molar-refractivity contribution >= 4 is 22.4 Å². The number of benzene rings is 2. The Morgan fingerprint density at radius 2 is 1.89 bits per heavy atom. The van der Waals surface area contributed by atoms with Crippen LogP contribution in [0, 0.1) is 0 Å². The van der Waals surface area contributed by atoms with Gasteiger partial charge in [0.1, 0.15) is 17.1 Å². The van der Waals surface area contributed by atoms with Crippen LogP contribution in [0.3, 0.4) is 0 Å². The van der Waals surface area contributed by atoms with E-state index in [9.17, 15) is 4.79 Å². The summed E-state index contributed by atoms with van der Waals surface area (Å²) in [5.41, 5.74) is 5.98. The molecule has 0 radical (unpaired) electrons. The third-order valence-corrected chi connectivity index (χ3v) is 6.35. The van der Waals surface area contributed by atoms with Crippen LogP contribution in [-0.2, 0) is 4.79 Å². The molecule has 3 aromatic rings. The minimum absolute atomic E-state index is 0.0830. The molecule has 35 heavy (non-hydrogen) atoms. The Balaban J connectivity index is 1.57. The van der Waals surface area contributed by atoms with Gasteiger partial charge in [-0.05, 0) is 82.2 Å². The van der Waals surface area contributed by atoms with E-state index in [1.54, 1.807) is 12.3 Å². The van der Waals surface area contributed by atoms with Crippen LogP contribution < -0.4 is 14.8 Å². The van der Waals surface area contributed by atoms with Crippen LogP contribution in [0.4, 0.5) is 0 Å². The fraction of sp³-hybridized carbons (Fsp3) is 0.367. The third-order valence-electron chi connectivity index (χ3n) is 6.35. The Morgan fingerprint density at radius 3 is 2.60 bits per heavy atom. The summed E-state index contributed by atoms with van der Waals surface area (Å²) in [6, 6.07) is 12.0. The van der Waals surface area contributed by atoms with E-state index in [2.05, 4.69) is 17.5 Å². The van der Waals surface area contributed by atoms with E-state index in [1.807, 2.05) is 51.1 Å². The lowest BCUT2D eigenvalue weighted by molar-refractivity contribution is -0.116. The van der Waals surface area contributed by atoms with Gasteiger partial charge in [-0.3, -0.25) is 4.79 Å². The lowest BCUT2D eigenvalue weighted by atomic mass is 9.97. The summed E-state index contributed by atoms with van der Waals surface area (Å²) in [7, 11) is 0. The highest BCUT2D eigenvalue weighted by molar-refractivity contribution is 6.00. The average Bonchev–Trinajstić information content (AvgIpc) is 3.28. The van der Waals surface area contributed by atoms with Gasteiger partial charge in [-0.2, -0.15) is 0 Å². The second-order valence-electron chi connectivity index (χ2n) is 8.86. The predicted molar refractivity (Wildman–Crippen MR) is 142 cm³/mol. The first-order chi connectivity index (χ1) is 17.1. The fourth-order valence-corrected chi connectivity index (χ4v) is 4.56. The van der Waals surface area contributed by atoms with Crippen molar-refractivity contribution in [2.45, 2.75) is 52.9 Å². The number of hydrogen-bond donors (Lipinski definition) is 1. The van der Waals surface area contributed by atoms with E-state index >= 15 is 0 Å². The lowest BCUT2D eigenvalue weighted by Crippen LogP contribution is -2.23. The van der Waals surface area contributed by atoms with Crippen molar-refractivity contribution < 1.29 is 18.7 Å². The summed E-state index contributed by atoms with van der Waals surface area (Å²) in [5.74, 6) is 1.47. The number of carbonyl (C=O) groups is 1. The first kappa shape index (κ1) is 24.6. The highest BCUT2D eigenvalue weighted by Gasteiger charge is 2.15. The number of carbonyl (C=O) groups excluding carboxylic acids is 1. The molecule has 5 nitrogen and oxygen atoms in total. The van der Waals surface area contributed by atoms with E-state index in [0.717, 1.165) is 58.2 Å². The molecule has 1 heterocycles. The molecular formula is C30H35NO4. The molecule has 1 aliphatic carbocycles. The Kier molecular flexibility index (Phi) is 8.30. The molecule has 4 rings (SSSR count). The number of nitrogens with one attached hydrogen (secondary N) is 1. The van der Waals surface area contributed by atoms with Gasteiger partial charge in [0.2, 0.25) is 5.91 Å². The van der Waals surface area contributed by atoms with E-state index in [4.69, 9.17) is 13.9 Å². The predicted octanol–water partition coefficient (Wildman–Crippen LogP) is 7.31. The number of hydrogen-bond acceptors (Lipinski definition) is 4. The van der Waals surface area contributed by atoms with Gasteiger partial charge in [0, 0.05) is 35.2 Å². The summed E-state index contributed by atoms with van der Waals surface area (Å²) in [6.45, 7) is 7.69. The number of ether oxygens (including phenoxy) is 2. The Hall–Kier alpha value is -3.47. The van der Waals surface area contributed by atoms with Crippen LogP contribution in [0.1, 0.15) is 58.4 Å². The van der Waals surface area contributed by atoms with Crippen molar-refractivity contribution in [1.29, 1.82) is 0 Å². The molecule has 0 bridgehead atoms. The van der Waals surface area contributed by atoms with Gasteiger partial charge in [-0.15, -0.1) is 0 Å². The standard InChI is InChI=1S/C30H35NO4/c1-4-33-24-13-11-23(12-14-24)27-20-35-29-19-28(34-5-2)25(18-26(27)29)21(3)17-30(32)31-16-15-22-9-7-6-8-10-22/h9,11-14,17-20H,4-8,10,15-16H2,1-3H3,(H,31,32)/b21-17+. The summed E-state index contributed by atoms with van der Waals surface area (Å²) >= 11 is 0. The van der Waals surface area contributed by atoms with Crippen LogP contribution in [0.25, 0.3) is 27.7 Å². The molecule has 0 unspecified atom stereocenters. The third kappa shape index (κ3) is 6.16. The molecule has 0 saturated heterocycles. The zero-order valence-corrected chi connectivity index (χ0v) is 21.0. The van der Waals surface area contributed by atoms with E-state index in [-0.39, 0.29) is 5.91 Å². The van der Waals surface area contributed by atoms with Gasteiger partial charge in [0.05, 0.1) is 19.5 Å². The van der Waals surface area contributed by atoms with Gasteiger partial charge in [0.15, 0.2) is 0 Å². The molecule has 0 aliphatic heterocycles. The summed E-state index contributed by atoms with van der Waals surface area (Å²) < 4.78 is 17.4. The summed E-state index contributed by atoms with van der Waals surface area (Å²) in [5, 5.41) is 4.02. The highest BCUT2D eigenvalue weighted by atomic mass is 16.5. The van der Waals surface area contributed by atoms with Crippen molar-refractivity contribution in [3.05, 3.63) is 65.9 Å². The number of fused-ring (bicyclic) bond motifs is 1. The molecule has 0 atom stereocenters. The molecular weight excluding hydrogens is 438 g/mol. The van der Waals surface area contributed by atoms with Crippen molar-refractivity contribution in [3.8, 4) is 22.6 Å². The average molecular weight is 474 g/mol. The topological polar surface area (TPSA) is 60.7 Å². The summed E-state index contributed by atoms with van der Waals surface area (Å²) in [4.78, 5) is 12.6. The summed E-state index contributed by atoms with van der Waals surface area (Å²) in [6.07, 6.45) is 11.5. The number of furan rings is 1. The van der Waals surface area contributed by atoms with E-state index < -0.39 is 0 Å². The van der Waals surface area contributed by atoms with Gasteiger partial charge in [-0.25, -0.2) is 0 Å². The molecule has 0 fully saturated rings. The number of allylic oxidation sites excluding steroid dienone is 2. The lowest BCUT2D eigenvalue weighted by Gasteiger charge is -2.13. The maximum absolute atomic E-state index is 12.6. The van der Waals surface area contributed by atoms with Crippen LogP contribution in [0.5, 0.6) is 11.5 Å². The van der Waals surface area contributed by atoms with Crippen LogP contribution in [0.15, 0.2) is 64.8 Å². The molecule has 0 saturated carbocycles. The first-order valence-electron chi connectivity index (χ1n) is 12.6. The minimum atomic E-state index is -0.0830. The molecule has 184 valence electrons. The minimum Gasteiger partial charge on any atom is -0.494 e. The van der Waals surface area contributed by atoms with E-state index in [1.165, 1.54) is 18.4 Å². The number of amides is 1. The maximum Gasteiger partial charge on any atom is 0.244 e. The second-order valence-corrected chi connectivity index (χ2v) is 8.86. The molecule has 1 aromatic heterocycles. The Bertz CT molecular complexity index is 1220. The molecule has 0 spiro atoms. The van der Waals surface area contributed by atoms with Crippen molar-refractivity contribution in [2.75, 3.05) is 19.8 Å². The Morgan fingerprint density at radius 1 is 1.09 bits per heavy atom. The SMILES string of the molecule is CCOc1ccc(-c2coc3cc(OCC)c(/C(C)=C/C(=O)NCCC4=CCCCC4)cc23)cc1. The highest BCUT2D eigenvalue weighted by Crippen LogP contribution is 2.38. The van der Waals surface area contributed by atoms with Crippen LogP contribution in [0.2, 0.25) is 0 Å². The van der Waals surface area contributed by atoms with E-state index in [0.29, 0.717) is 25.5 Å². The normalized spacial score (nSPS) is 14.0. The van der Waals surface area contributed by atoms with Crippen molar-refractivity contribution in [3.63, 3.8) is 0 Å². The smallest absolute Gasteiger partial charge is 0.244 e. The van der Waals surface area contributed by atoms with Gasteiger partial charge >= 0.3 is 0 Å². The Labute approximate surface area is 207 Å². The van der Waals surface area contributed by atoms with Gasteiger partial charge < -0.3 is 19.2 Å². The second kappa shape index (κ2) is 11.8. The van der Waals surface area contributed by atoms with Crippen molar-refractivity contribution in [2.24, 2.45) is 0 Å². The molecule has 1 amide bonds.